The van der Waals surface area contributed by atoms with E-state index in [2.05, 4.69) is 17.1 Å². The van der Waals surface area contributed by atoms with E-state index in [4.69, 9.17) is 14.5 Å². The number of hydrogen-bond donors (Lipinski definition) is 1. The maximum Gasteiger partial charge on any atom is 0.185 e. The number of anilines is 1. The zero-order valence-corrected chi connectivity index (χ0v) is 14.2. The second-order valence-corrected chi connectivity index (χ2v) is 6.37. The van der Waals surface area contributed by atoms with Crippen molar-refractivity contribution in [2.45, 2.75) is 38.8 Å². The fourth-order valence-electron chi connectivity index (χ4n) is 2.58. The van der Waals surface area contributed by atoms with Crippen molar-refractivity contribution >= 4 is 16.5 Å². The van der Waals surface area contributed by atoms with Crippen LogP contribution in [0.4, 0.5) is 5.13 Å². The highest BCUT2D eigenvalue weighted by atomic mass is 32.1. The van der Waals surface area contributed by atoms with Crippen LogP contribution in [0, 0.1) is 0 Å². The molecule has 1 aliphatic rings. The van der Waals surface area contributed by atoms with Gasteiger partial charge in [0.2, 0.25) is 0 Å². The van der Waals surface area contributed by atoms with Crippen molar-refractivity contribution in [2.75, 3.05) is 45.4 Å². The van der Waals surface area contributed by atoms with Crippen molar-refractivity contribution in [3.05, 3.63) is 10.6 Å². The number of thiazole rings is 1. The predicted molar refractivity (Wildman–Crippen MR) is 87.3 cm³/mol. The van der Waals surface area contributed by atoms with Gasteiger partial charge in [-0.25, -0.2) is 4.98 Å². The van der Waals surface area contributed by atoms with E-state index >= 15 is 0 Å². The molecule has 1 N–H and O–H groups in total. The van der Waals surface area contributed by atoms with E-state index in [1.165, 1.54) is 15.7 Å². The van der Waals surface area contributed by atoms with E-state index in [0.717, 1.165) is 52.0 Å². The number of hydrogen-bond acceptors (Lipinski definition) is 6. The van der Waals surface area contributed by atoms with Crippen LogP contribution in [-0.2, 0) is 22.4 Å². The first-order valence-corrected chi connectivity index (χ1v) is 8.56. The predicted octanol–water partition coefficient (Wildman–Crippen LogP) is 2.06. The van der Waals surface area contributed by atoms with Crippen molar-refractivity contribution in [3.8, 4) is 0 Å². The Morgan fingerprint density at radius 3 is 2.71 bits per heavy atom. The summed E-state index contributed by atoms with van der Waals surface area (Å²) < 4.78 is 10.5. The molecule has 0 aromatic carbocycles. The van der Waals surface area contributed by atoms with Crippen LogP contribution in [0.15, 0.2) is 0 Å². The molecular weight excluding hydrogens is 286 g/mol. The molecule has 21 heavy (non-hydrogen) atoms. The van der Waals surface area contributed by atoms with Crippen LogP contribution in [0.1, 0.15) is 30.3 Å². The zero-order valence-electron chi connectivity index (χ0n) is 13.4. The highest BCUT2D eigenvalue weighted by Gasteiger charge is 2.22. The van der Waals surface area contributed by atoms with Crippen LogP contribution in [0.3, 0.4) is 0 Å². The molecule has 0 saturated carbocycles. The fraction of sp³-hybridized carbons (Fsp3) is 0.800. The minimum absolute atomic E-state index is 0.419. The lowest BCUT2D eigenvalue weighted by Crippen LogP contribution is -2.36. The van der Waals surface area contributed by atoms with Crippen LogP contribution in [-0.4, -0.2) is 51.5 Å². The number of rotatable bonds is 8. The summed E-state index contributed by atoms with van der Waals surface area (Å²) in [6, 6.07) is 0. The molecule has 0 aliphatic carbocycles. The summed E-state index contributed by atoms with van der Waals surface area (Å²) in [6.45, 7) is 6.79. The van der Waals surface area contributed by atoms with E-state index in [-0.39, 0.29) is 0 Å². The summed E-state index contributed by atoms with van der Waals surface area (Å²) in [5.74, 6) is 0. The largest absolute Gasteiger partial charge is 0.383 e. The molecule has 1 fully saturated rings. The van der Waals surface area contributed by atoms with Crippen molar-refractivity contribution in [3.63, 3.8) is 0 Å². The van der Waals surface area contributed by atoms with Crippen molar-refractivity contribution in [1.29, 1.82) is 0 Å². The molecule has 2 rings (SSSR count). The van der Waals surface area contributed by atoms with Crippen molar-refractivity contribution in [1.82, 2.24) is 10.3 Å². The maximum atomic E-state index is 5.44. The van der Waals surface area contributed by atoms with Gasteiger partial charge in [0.1, 0.15) is 0 Å². The molecule has 120 valence electrons. The van der Waals surface area contributed by atoms with Crippen molar-refractivity contribution < 1.29 is 9.47 Å². The third-order valence-electron chi connectivity index (χ3n) is 3.92. The number of methoxy groups -OCH3 is 2. The quantitative estimate of drug-likeness (QED) is 0.744. The summed E-state index contributed by atoms with van der Waals surface area (Å²) in [4.78, 5) is 8.59. The van der Waals surface area contributed by atoms with Gasteiger partial charge in [-0.15, -0.1) is 11.3 Å². The van der Waals surface area contributed by atoms with Gasteiger partial charge in [0.25, 0.3) is 0 Å². The lowest BCUT2D eigenvalue weighted by atomic mass is 10.1. The normalized spacial score (nSPS) is 16.6. The molecule has 2 heterocycles. The molecular formula is C15H27N3O2S. The summed E-state index contributed by atoms with van der Waals surface area (Å²) in [7, 11) is 3.54. The van der Waals surface area contributed by atoms with Crippen LogP contribution in [0.5, 0.6) is 0 Å². The zero-order chi connectivity index (χ0) is 15.1. The Morgan fingerprint density at radius 2 is 2.10 bits per heavy atom. The summed E-state index contributed by atoms with van der Waals surface area (Å²) in [5, 5.41) is 4.59. The Hall–Kier alpha value is -0.690. The molecule has 0 radical (unpaired) electrons. The second-order valence-electron chi connectivity index (χ2n) is 5.31. The van der Waals surface area contributed by atoms with Gasteiger partial charge < -0.3 is 19.7 Å². The molecule has 5 nitrogen and oxygen atoms in total. The van der Waals surface area contributed by atoms with Crippen molar-refractivity contribution in [2.24, 2.45) is 0 Å². The van der Waals surface area contributed by atoms with Gasteiger partial charge in [0.15, 0.2) is 5.13 Å². The van der Waals surface area contributed by atoms with Crippen LogP contribution in [0.25, 0.3) is 0 Å². The van der Waals surface area contributed by atoms with E-state index in [9.17, 15) is 0 Å². The first kappa shape index (κ1) is 16.7. The molecule has 0 bridgehead atoms. The van der Waals surface area contributed by atoms with Crippen LogP contribution >= 0.6 is 11.3 Å². The van der Waals surface area contributed by atoms with Gasteiger partial charge in [-0.05, 0) is 19.3 Å². The maximum absolute atomic E-state index is 5.44. The smallest absolute Gasteiger partial charge is 0.185 e. The monoisotopic (exact) mass is 313 g/mol. The number of piperidine rings is 1. The first-order chi connectivity index (χ1) is 10.3. The molecule has 0 atom stereocenters. The SMILES string of the molecule is CCc1nc(N2CCC(OC)CC2)sc1CNCCOC. The molecule has 1 aromatic rings. The van der Waals surface area contributed by atoms with Gasteiger partial charge >= 0.3 is 0 Å². The Kier molecular flexibility index (Phi) is 6.89. The van der Waals surface area contributed by atoms with Gasteiger partial charge in [-0.2, -0.15) is 0 Å². The molecule has 1 aliphatic heterocycles. The average Bonchev–Trinajstić information content (AvgIpc) is 2.95. The third-order valence-corrected chi connectivity index (χ3v) is 5.07. The molecule has 0 amide bonds. The lowest BCUT2D eigenvalue weighted by Gasteiger charge is -2.30. The standard InChI is InChI=1S/C15H27N3O2S/c1-4-13-14(11-16-7-10-19-2)21-15(17-13)18-8-5-12(20-3)6-9-18/h12,16H,4-11H2,1-3H3. The van der Waals surface area contributed by atoms with Gasteiger partial charge in [0, 0.05) is 45.3 Å². The van der Waals surface area contributed by atoms with Gasteiger partial charge in [0.05, 0.1) is 18.4 Å². The first-order valence-electron chi connectivity index (χ1n) is 7.74. The number of aromatic nitrogens is 1. The minimum Gasteiger partial charge on any atom is -0.383 e. The number of nitrogens with zero attached hydrogens (tertiary/aromatic N) is 2. The Balaban J connectivity index is 1.93. The Morgan fingerprint density at radius 1 is 1.33 bits per heavy atom. The number of nitrogens with one attached hydrogen (secondary N) is 1. The van der Waals surface area contributed by atoms with E-state index in [0.29, 0.717) is 6.10 Å². The fourth-order valence-corrected chi connectivity index (χ4v) is 3.75. The Labute approximate surface area is 131 Å². The molecule has 0 spiro atoms. The molecule has 1 aromatic heterocycles. The number of ether oxygens (including phenoxy) is 2. The third kappa shape index (κ3) is 4.64. The van der Waals surface area contributed by atoms with Crippen LogP contribution in [0.2, 0.25) is 0 Å². The van der Waals surface area contributed by atoms with E-state index < -0.39 is 0 Å². The molecule has 0 unspecified atom stereocenters. The summed E-state index contributed by atoms with van der Waals surface area (Å²) in [6.07, 6.45) is 3.60. The lowest BCUT2D eigenvalue weighted by molar-refractivity contribution is 0.0819. The van der Waals surface area contributed by atoms with Gasteiger partial charge in [-0.3, -0.25) is 0 Å². The topological polar surface area (TPSA) is 46.6 Å². The second kappa shape index (κ2) is 8.68. The summed E-state index contributed by atoms with van der Waals surface area (Å²) >= 11 is 1.83. The molecule has 1 saturated heterocycles. The van der Waals surface area contributed by atoms with E-state index in [1.807, 2.05) is 18.4 Å². The highest BCUT2D eigenvalue weighted by molar-refractivity contribution is 7.15. The van der Waals surface area contributed by atoms with Gasteiger partial charge in [-0.1, -0.05) is 6.92 Å². The van der Waals surface area contributed by atoms with Crippen LogP contribution < -0.4 is 10.2 Å². The highest BCUT2D eigenvalue weighted by Crippen LogP contribution is 2.29. The summed E-state index contributed by atoms with van der Waals surface area (Å²) in [5.41, 5.74) is 1.23. The Bertz CT molecular complexity index is 417. The number of aryl methyl sites for hydroxylation is 1. The molecule has 6 heteroatoms. The van der Waals surface area contributed by atoms with E-state index in [1.54, 1.807) is 7.11 Å². The minimum atomic E-state index is 0.419. The average molecular weight is 313 g/mol.